The molecule has 0 bridgehead atoms. The molecule has 17 heavy (non-hydrogen) atoms. The molecule has 0 N–H and O–H groups in total. The van der Waals surface area contributed by atoms with Crippen LogP contribution in [0.1, 0.15) is 0 Å². The predicted octanol–water partition coefficient (Wildman–Crippen LogP) is 1.35. The highest BCUT2D eigenvalue weighted by molar-refractivity contribution is 7.17. The van der Waals surface area contributed by atoms with Gasteiger partial charge in [-0.05, 0) is 17.5 Å². The van der Waals surface area contributed by atoms with Crippen LogP contribution in [0.3, 0.4) is 0 Å². The number of hydrogen-bond donors (Lipinski definition) is 0. The minimum Gasteiger partial charge on any atom is -0.296 e. The lowest BCUT2D eigenvalue weighted by atomic mass is 10.4. The van der Waals surface area contributed by atoms with Crippen LogP contribution in [0.2, 0.25) is 0 Å². The zero-order valence-corrected chi connectivity index (χ0v) is 9.80. The molecule has 0 saturated heterocycles. The summed E-state index contributed by atoms with van der Waals surface area (Å²) in [5, 5.41) is 5.98. The topological polar surface area (TPSA) is 52.7 Å². The standard InChI is InChI=1S/C11H10N4OS/c16-11-10-9(2-7-17-10)12-8-14(11)5-6-15-4-1-3-13-15/h1-4,7-8H,5-6H2. The van der Waals surface area contributed by atoms with E-state index in [-0.39, 0.29) is 5.56 Å². The summed E-state index contributed by atoms with van der Waals surface area (Å²) in [4.78, 5) is 16.3. The van der Waals surface area contributed by atoms with Gasteiger partial charge in [0, 0.05) is 18.9 Å². The monoisotopic (exact) mass is 246 g/mol. The van der Waals surface area contributed by atoms with Crippen LogP contribution in [-0.2, 0) is 13.1 Å². The van der Waals surface area contributed by atoms with E-state index in [9.17, 15) is 4.79 Å². The molecule has 0 atom stereocenters. The third kappa shape index (κ3) is 1.87. The van der Waals surface area contributed by atoms with Gasteiger partial charge >= 0.3 is 0 Å². The molecule has 0 amide bonds. The van der Waals surface area contributed by atoms with E-state index in [0.29, 0.717) is 17.8 Å². The summed E-state index contributed by atoms with van der Waals surface area (Å²) in [7, 11) is 0. The summed E-state index contributed by atoms with van der Waals surface area (Å²) in [5.41, 5.74) is 0.799. The zero-order chi connectivity index (χ0) is 11.7. The molecule has 3 aromatic heterocycles. The molecule has 0 aromatic carbocycles. The van der Waals surface area contributed by atoms with Gasteiger partial charge in [0.1, 0.15) is 4.70 Å². The summed E-state index contributed by atoms with van der Waals surface area (Å²) in [5.74, 6) is 0. The van der Waals surface area contributed by atoms with Crippen molar-refractivity contribution < 1.29 is 0 Å². The van der Waals surface area contributed by atoms with E-state index >= 15 is 0 Å². The summed E-state index contributed by atoms with van der Waals surface area (Å²) in [6.45, 7) is 1.26. The van der Waals surface area contributed by atoms with Crippen molar-refractivity contribution >= 4 is 21.6 Å². The van der Waals surface area contributed by atoms with Gasteiger partial charge in [0.25, 0.3) is 5.56 Å². The van der Waals surface area contributed by atoms with Gasteiger partial charge in [-0.1, -0.05) is 0 Å². The average molecular weight is 246 g/mol. The third-order valence-corrected chi connectivity index (χ3v) is 3.46. The Hall–Kier alpha value is -1.95. The van der Waals surface area contributed by atoms with Crippen molar-refractivity contribution in [3.05, 3.63) is 46.6 Å². The van der Waals surface area contributed by atoms with Gasteiger partial charge in [0.05, 0.1) is 18.4 Å². The molecule has 0 spiro atoms. The maximum atomic E-state index is 12.1. The first-order chi connectivity index (χ1) is 8.34. The van der Waals surface area contributed by atoms with Crippen LogP contribution in [0.15, 0.2) is 41.0 Å². The maximum Gasteiger partial charge on any atom is 0.271 e. The van der Waals surface area contributed by atoms with Crippen LogP contribution >= 0.6 is 11.3 Å². The number of rotatable bonds is 3. The molecule has 0 saturated carbocycles. The van der Waals surface area contributed by atoms with Crippen molar-refractivity contribution in [2.24, 2.45) is 0 Å². The van der Waals surface area contributed by atoms with Crippen molar-refractivity contribution in [1.82, 2.24) is 19.3 Å². The minimum absolute atomic E-state index is 0.0251. The van der Waals surface area contributed by atoms with Gasteiger partial charge in [-0.15, -0.1) is 11.3 Å². The number of thiophene rings is 1. The minimum atomic E-state index is 0.0251. The van der Waals surface area contributed by atoms with Crippen LogP contribution in [0.5, 0.6) is 0 Å². The van der Waals surface area contributed by atoms with Crippen LogP contribution in [0.4, 0.5) is 0 Å². The van der Waals surface area contributed by atoms with Crippen LogP contribution in [0, 0.1) is 0 Å². The lowest BCUT2D eigenvalue weighted by molar-refractivity contribution is 0.522. The smallest absolute Gasteiger partial charge is 0.271 e. The Bertz CT molecular complexity index is 683. The quantitative estimate of drug-likeness (QED) is 0.701. The largest absolute Gasteiger partial charge is 0.296 e. The molecule has 0 radical (unpaired) electrons. The van der Waals surface area contributed by atoms with E-state index in [0.717, 1.165) is 5.52 Å². The van der Waals surface area contributed by atoms with Crippen molar-refractivity contribution in [1.29, 1.82) is 0 Å². The van der Waals surface area contributed by atoms with E-state index < -0.39 is 0 Å². The predicted molar refractivity (Wildman–Crippen MR) is 66.1 cm³/mol. The van der Waals surface area contributed by atoms with E-state index in [1.807, 2.05) is 23.7 Å². The van der Waals surface area contributed by atoms with E-state index in [4.69, 9.17) is 0 Å². The highest BCUT2D eigenvalue weighted by Crippen LogP contribution is 2.12. The maximum absolute atomic E-state index is 12.1. The highest BCUT2D eigenvalue weighted by atomic mass is 32.1. The number of aryl methyl sites for hydroxylation is 2. The molecular weight excluding hydrogens is 236 g/mol. The number of fused-ring (bicyclic) bond motifs is 1. The second-order valence-corrected chi connectivity index (χ2v) is 4.56. The van der Waals surface area contributed by atoms with Crippen molar-refractivity contribution in [3.8, 4) is 0 Å². The van der Waals surface area contributed by atoms with E-state index in [1.54, 1.807) is 21.8 Å². The molecule has 3 heterocycles. The Morgan fingerprint density at radius 1 is 1.35 bits per heavy atom. The molecule has 0 fully saturated rings. The summed E-state index contributed by atoms with van der Waals surface area (Å²) in [6, 6.07) is 3.72. The van der Waals surface area contributed by atoms with Crippen molar-refractivity contribution in [2.75, 3.05) is 0 Å². The van der Waals surface area contributed by atoms with Crippen LogP contribution < -0.4 is 5.56 Å². The molecule has 3 aromatic rings. The summed E-state index contributed by atoms with van der Waals surface area (Å²) in [6.07, 6.45) is 5.20. The molecule has 0 aliphatic rings. The Kier molecular flexibility index (Phi) is 2.49. The number of aromatic nitrogens is 4. The third-order valence-electron chi connectivity index (χ3n) is 2.56. The molecule has 86 valence electrons. The molecular formula is C11H10N4OS. The highest BCUT2D eigenvalue weighted by Gasteiger charge is 2.04. The number of nitrogens with zero attached hydrogens (tertiary/aromatic N) is 4. The fourth-order valence-electron chi connectivity index (χ4n) is 1.68. The molecule has 0 unspecified atom stereocenters. The first-order valence-electron chi connectivity index (χ1n) is 5.25. The Morgan fingerprint density at radius 2 is 2.29 bits per heavy atom. The van der Waals surface area contributed by atoms with Crippen LogP contribution in [-0.4, -0.2) is 19.3 Å². The van der Waals surface area contributed by atoms with Gasteiger partial charge in [-0.3, -0.25) is 14.0 Å². The van der Waals surface area contributed by atoms with Crippen molar-refractivity contribution in [2.45, 2.75) is 13.1 Å². The van der Waals surface area contributed by atoms with Crippen LogP contribution in [0.25, 0.3) is 10.2 Å². The SMILES string of the molecule is O=c1c2sccc2ncn1CCn1cccn1. The summed E-state index contributed by atoms with van der Waals surface area (Å²) >= 11 is 1.43. The Morgan fingerprint density at radius 3 is 3.12 bits per heavy atom. The second-order valence-electron chi connectivity index (χ2n) is 3.65. The molecule has 6 heteroatoms. The second kappa shape index (κ2) is 4.14. The lowest BCUT2D eigenvalue weighted by Crippen LogP contribution is -2.22. The molecule has 0 aliphatic carbocycles. The fourth-order valence-corrected chi connectivity index (χ4v) is 2.47. The average Bonchev–Trinajstić information content (AvgIpc) is 2.99. The Labute approximate surface area is 101 Å². The first-order valence-corrected chi connectivity index (χ1v) is 6.12. The lowest BCUT2D eigenvalue weighted by Gasteiger charge is -2.04. The Balaban J connectivity index is 1.90. The fraction of sp³-hybridized carbons (Fsp3) is 0.182. The van der Waals surface area contributed by atoms with Gasteiger partial charge in [0.15, 0.2) is 0 Å². The summed E-state index contributed by atoms with van der Waals surface area (Å²) < 4.78 is 4.14. The molecule has 0 aliphatic heterocycles. The molecule has 5 nitrogen and oxygen atoms in total. The van der Waals surface area contributed by atoms with Gasteiger partial charge in [-0.2, -0.15) is 5.10 Å². The zero-order valence-electron chi connectivity index (χ0n) is 8.98. The van der Waals surface area contributed by atoms with Gasteiger partial charge < -0.3 is 0 Å². The number of hydrogen-bond acceptors (Lipinski definition) is 4. The van der Waals surface area contributed by atoms with E-state index in [2.05, 4.69) is 10.1 Å². The van der Waals surface area contributed by atoms with Gasteiger partial charge in [0.2, 0.25) is 0 Å². The first kappa shape index (κ1) is 10.2. The van der Waals surface area contributed by atoms with E-state index in [1.165, 1.54) is 11.3 Å². The molecule has 3 rings (SSSR count). The normalized spacial score (nSPS) is 11.1. The van der Waals surface area contributed by atoms with Gasteiger partial charge in [-0.25, -0.2) is 4.98 Å². The van der Waals surface area contributed by atoms with Crippen molar-refractivity contribution in [3.63, 3.8) is 0 Å².